The van der Waals surface area contributed by atoms with Gasteiger partial charge in [0.1, 0.15) is 11.9 Å². The number of unbranched alkanes of at least 4 members (excludes halogenated alkanes) is 1. The van der Waals surface area contributed by atoms with Gasteiger partial charge in [-0.25, -0.2) is 9.59 Å². The summed E-state index contributed by atoms with van der Waals surface area (Å²) < 4.78 is 16.2. The van der Waals surface area contributed by atoms with Crippen LogP contribution in [0.1, 0.15) is 44.3 Å². The molecule has 0 bridgehead atoms. The van der Waals surface area contributed by atoms with Crippen molar-refractivity contribution in [3.05, 3.63) is 54.6 Å². The predicted octanol–water partition coefficient (Wildman–Crippen LogP) is 3.86. The van der Waals surface area contributed by atoms with Gasteiger partial charge in [-0.05, 0) is 24.1 Å². The predicted molar refractivity (Wildman–Crippen MR) is 89.3 cm³/mol. The molecule has 0 aliphatic carbocycles. The molecule has 0 N–H and O–H groups in total. The van der Waals surface area contributed by atoms with Crippen molar-refractivity contribution in [1.29, 1.82) is 0 Å². The molecule has 2 unspecified atom stereocenters. The standard InChI is InChI=1S/C19H22O5/c1-4-6-7-18(24-17(20)5-2)22-15-10-8-14(9-11-15)16-12-13(3)19(21)23-16/h5,8-11,16,18H,2-4,6-7,12H2,1H3. The average Bonchev–Trinajstić information content (AvgIpc) is 2.92. The number of hydrogen-bond donors (Lipinski definition) is 0. The minimum absolute atomic E-state index is 0.298. The normalized spacial score (nSPS) is 18.0. The monoisotopic (exact) mass is 330 g/mol. The van der Waals surface area contributed by atoms with E-state index in [-0.39, 0.29) is 12.1 Å². The lowest BCUT2D eigenvalue weighted by molar-refractivity contribution is -0.158. The van der Waals surface area contributed by atoms with E-state index in [1.165, 1.54) is 0 Å². The van der Waals surface area contributed by atoms with Crippen molar-refractivity contribution < 1.29 is 23.8 Å². The third-order valence-corrected chi connectivity index (χ3v) is 3.70. The van der Waals surface area contributed by atoms with Crippen molar-refractivity contribution in [1.82, 2.24) is 0 Å². The van der Waals surface area contributed by atoms with Gasteiger partial charge in [0, 0.05) is 24.5 Å². The number of carbonyl (C=O) groups excluding carboxylic acids is 2. The molecule has 0 saturated carbocycles. The summed E-state index contributed by atoms with van der Waals surface area (Å²) in [4.78, 5) is 22.8. The second-order valence-electron chi connectivity index (χ2n) is 5.60. The molecule has 0 amide bonds. The lowest BCUT2D eigenvalue weighted by atomic mass is 10.1. The van der Waals surface area contributed by atoms with Crippen molar-refractivity contribution in [2.45, 2.75) is 45.0 Å². The molecule has 0 aromatic heterocycles. The van der Waals surface area contributed by atoms with Gasteiger partial charge >= 0.3 is 11.9 Å². The lowest BCUT2D eigenvalue weighted by Gasteiger charge is -2.19. The van der Waals surface area contributed by atoms with Crippen LogP contribution < -0.4 is 4.74 Å². The SMILES string of the molecule is C=CC(=O)OC(CCCC)Oc1ccc(C2CC(=C)C(=O)O2)cc1. The molecule has 1 aromatic carbocycles. The molecule has 128 valence electrons. The van der Waals surface area contributed by atoms with Crippen LogP contribution in [-0.4, -0.2) is 18.2 Å². The molecule has 1 aromatic rings. The molecule has 2 atom stereocenters. The smallest absolute Gasteiger partial charge is 0.334 e. The quantitative estimate of drug-likeness (QED) is 0.411. The van der Waals surface area contributed by atoms with Crippen molar-refractivity contribution in [3.8, 4) is 5.75 Å². The Morgan fingerprint density at radius 2 is 2.12 bits per heavy atom. The van der Waals surface area contributed by atoms with Gasteiger partial charge in [0.25, 0.3) is 0 Å². The molecule has 1 heterocycles. The number of ether oxygens (including phenoxy) is 3. The van der Waals surface area contributed by atoms with Crippen LogP contribution in [0.3, 0.4) is 0 Å². The summed E-state index contributed by atoms with van der Waals surface area (Å²) in [5.41, 5.74) is 1.36. The van der Waals surface area contributed by atoms with Gasteiger partial charge in [-0.1, -0.05) is 38.6 Å². The summed E-state index contributed by atoms with van der Waals surface area (Å²) in [5.74, 6) is -0.278. The summed E-state index contributed by atoms with van der Waals surface area (Å²) in [6.45, 7) is 9.12. The van der Waals surface area contributed by atoms with Crippen LogP contribution in [-0.2, 0) is 19.1 Å². The lowest BCUT2D eigenvalue weighted by Crippen LogP contribution is -2.23. The summed E-state index contributed by atoms with van der Waals surface area (Å²) in [7, 11) is 0. The minimum atomic E-state index is -0.648. The van der Waals surface area contributed by atoms with E-state index in [1.54, 1.807) is 12.1 Å². The number of benzene rings is 1. The Hall–Kier alpha value is -2.56. The number of carbonyl (C=O) groups is 2. The highest BCUT2D eigenvalue weighted by atomic mass is 16.7. The first kappa shape index (κ1) is 17.8. The summed E-state index contributed by atoms with van der Waals surface area (Å²) >= 11 is 0. The van der Waals surface area contributed by atoms with E-state index in [2.05, 4.69) is 20.1 Å². The Morgan fingerprint density at radius 1 is 1.42 bits per heavy atom. The van der Waals surface area contributed by atoms with Gasteiger partial charge in [0.2, 0.25) is 6.29 Å². The highest BCUT2D eigenvalue weighted by Gasteiger charge is 2.28. The van der Waals surface area contributed by atoms with Crippen LogP contribution in [0.15, 0.2) is 49.1 Å². The first-order valence-electron chi connectivity index (χ1n) is 8.02. The molecule has 1 saturated heterocycles. The first-order chi connectivity index (χ1) is 11.5. The van der Waals surface area contributed by atoms with Crippen LogP contribution in [0.5, 0.6) is 5.75 Å². The zero-order valence-electron chi connectivity index (χ0n) is 13.8. The van der Waals surface area contributed by atoms with E-state index in [4.69, 9.17) is 14.2 Å². The van der Waals surface area contributed by atoms with Gasteiger partial charge in [-0.15, -0.1) is 0 Å². The molecule has 0 spiro atoms. The Bertz CT molecular complexity index is 601. The van der Waals surface area contributed by atoms with E-state index < -0.39 is 12.3 Å². The van der Waals surface area contributed by atoms with Crippen LogP contribution in [0.2, 0.25) is 0 Å². The van der Waals surface area contributed by atoms with E-state index in [9.17, 15) is 9.59 Å². The van der Waals surface area contributed by atoms with Crippen LogP contribution >= 0.6 is 0 Å². The van der Waals surface area contributed by atoms with E-state index >= 15 is 0 Å². The number of esters is 2. The Balaban J connectivity index is 2.00. The number of hydrogen-bond acceptors (Lipinski definition) is 5. The fraction of sp³-hybridized carbons (Fsp3) is 0.368. The molecule has 24 heavy (non-hydrogen) atoms. The molecule has 2 rings (SSSR count). The molecule has 1 aliphatic rings. The van der Waals surface area contributed by atoms with E-state index in [1.807, 2.05) is 12.1 Å². The van der Waals surface area contributed by atoms with E-state index in [0.29, 0.717) is 24.2 Å². The molecule has 1 fully saturated rings. The fourth-order valence-electron chi connectivity index (χ4n) is 2.35. The third-order valence-electron chi connectivity index (χ3n) is 3.70. The largest absolute Gasteiger partial charge is 0.455 e. The second-order valence-corrected chi connectivity index (χ2v) is 5.60. The summed E-state index contributed by atoms with van der Waals surface area (Å²) in [6.07, 6.45) is 3.13. The van der Waals surface area contributed by atoms with Crippen LogP contribution in [0, 0.1) is 0 Å². The second kappa shape index (κ2) is 8.34. The molecule has 5 nitrogen and oxygen atoms in total. The summed E-state index contributed by atoms with van der Waals surface area (Å²) in [5, 5.41) is 0. The van der Waals surface area contributed by atoms with Gasteiger partial charge in [0.05, 0.1) is 0 Å². The average molecular weight is 330 g/mol. The maximum Gasteiger partial charge on any atom is 0.334 e. The van der Waals surface area contributed by atoms with Crippen molar-refractivity contribution >= 4 is 11.9 Å². The molecule has 5 heteroatoms. The number of cyclic esters (lactones) is 1. The molecular formula is C19H22O5. The Morgan fingerprint density at radius 3 is 2.67 bits per heavy atom. The van der Waals surface area contributed by atoms with Gasteiger partial charge in [-0.3, -0.25) is 0 Å². The highest BCUT2D eigenvalue weighted by molar-refractivity contribution is 5.90. The Kier molecular flexibility index (Phi) is 6.18. The van der Waals surface area contributed by atoms with Crippen molar-refractivity contribution in [2.24, 2.45) is 0 Å². The van der Waals surface area contributed by atoms with E-state index in [0.717, 1.165) is 24.5 Å². The Labute approximate surface area is 141 Å². The van der Waals surface area contributed by atoms with Crippen LogP contribution in [0.4, 0.5) is 0 Å². The number of rotatable bonds is 8. The van der Waals surface area contributed by atoms with Gasteiger partial charge < -0.3 is 14.2 Å². The molecule has 1 aliphatic heterocycles. The highest BCUT2D eigenvalue weighted by Crippen LogP contribution is 2.33. The van der Waals surface area contributed by atoms with Gasteiger partial charge in [0.15, 0.2) is 0 Å². The van der Waals surface area contributed by atoms with Gasteiger partial charge in [-0.2, -0.15) is 0 Å². The topological polar surface area (TPSA) is 61.8 Å². The van der Waals surface area contributed by atoms with Crippen molar-refractivity contribution in [2.75, 3.05) is 0 Å². The summed E-state index contributed by atoms with van der Waals surface area (Å²) in [6, 6.07) is 7.20. The first-order valence-corrected chi connectivity index (χ1v) is 8.02. The zero-order valence-corrected chi connectivity index (χ0v) is 13.8. The molecule has 0 radical (unpaired) electrons. The minimum Gasteiger partial charge on any atom is -0.455 e. The van der Waals surface area contributed by atoms with Crippen LogP contribution in [0.25, 0.3) is 0 Å². The molecular weight excluding hydrogens is 308 g/mol. The third kappa shape index (κ3) is 4.72. The van der Waals surface area contributed by atoms with Crippen molar-refractivity contribution in [3.63, 3.8) is 0 Å². The maximum atomic E-state index is 11.4. The fourth-order valence-corrected chi connectivity index (χ4v) is 2.35. The maximum absolute atomic E-state index is 11.4. The zero-order chi connectivity index (χ0) is 17.5.